The van der Waals surface area contributed by atoms with Gasteiger partial charge in [-0.1, -0.05) is 0 Å². The van der Waals surface area contributed by atoms with Gasteiger partial charge in [-0.25, -0.2) is 23.1 Å². The lowest BCUT2D eigenvalue weighted by Gasteiger charge is -2.43. The first kappa shape index (κ1) is 22.4. The molecule has 2 N–H and O–H groups in total. The summed E-state index contributed by atoms with van der Waals surface area (Å²) in [5.41, 5.74) is 2.90. The number of sulfonamides is 1. The first-order valence-corrected chi connectivity index (χ1v) is 12.8. The molecule has 5 rings (SSSR count). The number of hydrogen-bond acceptors (Lipinski definition) is 7. The van der Waals surface area contributed by atoms with Crippen molar-refractivity contribution in [1.82, 2.24) is 14.7 Å². The normalized spacial score (nSPS) is 25.5. The van der Waals surface area contributed by atoms with Crippen LogP contribution < -0.4 is 14.4 Å². The number of anilines is 1. The summed E-state index contributed by atoms with van der Waals surface area (Å²) in [6.07, 6.45) is 1.60. The molecule has 11 heteroatoms. The fourth-order valence-electron chi connectivity index (χ4n) is 5.05. The standard InChI is InChI=1S/C22H26F2N4O4S/c1-11-16(29)10-28(11)21-25-19(14-6-7-22(23,24)20(14)26-21)13-8-12-4-5-15(27-33(3,30)31)18(12)17(9-13)32-2/h8-9,11,15-16,27,29H,4-7,10H2,1-3H3/t11-,15?,16+/m0/s1. The molecule has 2 heterocycles. The van der Waals surface area contributed by atoms with Crippen LogP contribution in [0.5, 0.6) is 5.75 Å². The minimum absolute atomic E-state index is 0.161. The van der Waals surface area contributed by atoms with E-state index in [-0.39, 0.29) is 37.1 Å². The lowest BCUT2D eigenvalue weighted by atomic mass is 9.98. The summed E-state index contributed by atoms with van der Waals surface area (Å²) in [6, 6.07) is 2.96. The van der Waals surface area contributed by atoms with Crippen LogP contribution in [0.3, 0.4) is 0 Å². The molecule has 8 nitrogen and oxygen atoms in total. The van der Waals surface area contributed by atoms with Crippen molar-refractivity contribution >= 4 is 16.0 Å². The van der Waals surface area contributed by atoms with Crippen molar-refractivity contribution in [3.63, 3.8) is 0 Å². The Balaban J connectivity index is 1.64. The summed E-state index contributed by atoms with van der Waals surface area (Å²) < 4.78 is 61.2. The number of alkyl halides is 2. The van der Waals surface area contributed by atoms with Crippen LogP contribution in [-0.2, 0) is 28.8 Å². The lowest BCUT2D eigenvalue weighted by Crippen LogP contribution is -2.59. The first-order valence-electron chi connectivity index (χ1n) is 10.9. The Morgan fingerprint density at radius 2 is 2.03 bits per heavy atom. The molecule has 178 valence electrons. The van der Waals surface area contributed by atoms with Crippen LogP contribution in [0.4, 0.5) is 14.7 Å². The molecule has 1 aromatic heterocycles. The Morgan fingerprint density at radius 3 is 2.67 bits per heavy atom. The summed E-state index contributed by atoms with van der Waals surface area (Å²) in [4.78, 5) is 10.6. The van der Waals surface area contributed by atoms with Gasteiger partial charge in [0.25, 0.3) is 5.92 Å². The Kier molecular flexibility index (Phi) is 5.15. The summed E-state index contributed by atoms with van der Waals surface area (Å²) in [7, 11) is -1.91. The van der Waals surface area contributed by atoms with Crippen molar-refractivity contribution in [2.75, 3.05) is 24.8 Å². The maximum Gasteiger partial charge on any atom is 0.290 e. The lowest BCUT2D eigenvalue weighted by molar-refractivity contribution is -0.00603. The summed E-state index contributed by atoms with van der Waals surface area (Å²) in [5, 5.41) is 9.90. The largest absolute Gasteiger partial charge is 0.496 e. The number of aromatic nitrogens is 2. The van der Waals surface area contributed by atoms with E-state index in [9.17, 15) is 22.3 Å². The van der Waals surface area contributed by atoms with E-state index in [0.717, 1.165) is 17.4 Å². The minimum Gasteiger partial charge on any atom is -0.496 e. The molecule has 2 aliphatic carbocycles. The van der Waals surface area contributed by atoms with E-state index in [1.54, 1.807) is 17.9 Å². The molecule has 0 saturated carbocycles. The minimum atomic E-state index is -3.42. The van der Waals surface area contributed by atoms with E-state index < -0.39 is 28.1 Å². The average molecular weight is 481 g/mol. The van der Waals surface area contributed by atoms with Crippen LogP contribution >= 0.6 is 0 Å². The fourth-order valence-corrected chi connectivity index (χ4v) is 5.80. The Bertz CT molecular complexity index is 1240. The number of nitrogens with zero attached hydrogens (tertiary/aromatic N) is 3. The van der Waals surface area contributed by atoms with Crippen molar-refractivity contribution in [3.05, 3.63) is 34.5 Å². The zero-order valence-electron chi connectivity index (χ0n) is 18.6. The fraction of sp³-hybridized carbons (Fsp3) is 0.545. The number of rotatable bonds is 5. The van der Waals surface area contributed by atoms with E-state index in [1.165, 1.54) is 7.11 Å². The van der Waals surface area contributed by atoms with E-state index in [4.69, 9.17) is 4.74 Å². The van der Waals surface area contributed by atoms with Gasteiger partial charge in [0.1, 0.15) is 11.4 Å². The monoisotopic (exact) mass is 480 g/mol. The first-order chi connectivity index (χ1) is 15.5. The maximum atomic E-state index is 14.7. The van der Waals surface area contributed by atoms with Crippen LogP contribution in [0.2, 0.25) is 0 Å². The SMILES string of the molecule is COc1cc(-c2nc(N3C[C@@H](O)[C@@H]3C)nc3c2CCC3(F)F)cc2c1C(NS(C)(=O)=O)CC2. The molecule has 3 atom stereocenters. The number of β-amino-alcohol motifs (C(OH)–C–C–N with tert-alkyl or cyclic N) is 1. The number of aryl methyl sites for hydroxylation is 1. The third-order valence-corrected chi connectivity index (χ3v) is 7.56. The van der Waals surface area contributed by atoms with Crippen molar-refractivity contribution in [1.29, 1.82) is 0 Å². The molecule has 1 fully saturated rings. The topological polar surface area (TPSA) is 105 Å². The van der Waals surface area contributed by atoms with Gasteiger partial charge in [-0.05, 0) is 43.9 Å². The highest BCUT2D eigenvalue weighted by Crippen LogP contribution is 2.47. The molecule has 0 radical (unpaired) electrons. The third-order valence-electron chi connectivity index (χ3n) is 6.85. The molecule has 33 heavy (non-hydrogen) atoms. The zero-order chi connectivity index (χ0) is 23.7. The van der Waals surface area contributed by atoms with Crippen LogP contribution in [0.15, 0.2) is 12.1 Å². The van der Waals surface area contributed by atoms with Crippen LogP contribution in [-0.4, -0.2) is 55.5 Å². The van der Waals surface area contributed by atoms with E-state index >= 15 is 0 Å². The Morgan fingerprint density at radius 1 is 1.27 bits per heavy atom. The Hall–Kier alpha value is -2.37. The predicted molar refractivity (Wildman–Crippen MR) is 118 cm³/mol. The zero-order valence-corrected chi connectivity index (χ0v) is 19.4. The highest BCUT2D eigenvalue weighted by molar-refractivity contribution is 7.88. The second-order valence-corrected chi connectivity index (χ2v) is 10.9. The molecule has 1 aromatic carbocycles. The number of methoxy groups -OCH3 is 1. The number of ether oxygens (including phenoxy) is 1. The molecular weight excluding hydrogens is 454 g/mol. The van der Waals surface area contributed by atoms with Gasteiger partial charge < -0.3 is 14.7 Å². The molecule has 2 aromatic rings. The van der Waals surface area contributed by atoms with E-state index in [0.29, 0.717) is 35.4 Å². The third kappa shape index (κ3) is 3.75. The van der Waals surface area contributed by atoms with Crippen molar-refractivity contribution < 1.29 is 27.0 Å². The maximum absolute atomic E-state index is 14.7. The highest BCUT2D eigenvalue weighted by atomic mass is 32.2. The van der Waals surface area contributed by atoms with E-state index in [1.807, 2.05) is 6.07 Å². The molecule has 1 saturated heterocycles. The number of aliphatic hydroxyl groups is 1. The van der Waals surface area contributed by atoms with Gasteiger partial charge in [0, 0.05) is 29.7 Å². The number of hydrogen-bond donors (Lipinski definition) is 2. The molecule has 1 aliphatic heterocycles. The summed E-state index contributed by atoms with van der Waals surface area (Å²) >= 11 is 0. The van der Waals surface area contributed by atoms with Crippen molar-refractivity contribution in [2.24, 2.45) is 0 Å². The number of aliphatic hydroxyl groups excluding tert-OH is 1. The van der Waals surface area contributed by atoms with Gasteiger partial charge >= 0.3 is 0 Å². The average Bonchev–Trinajstić information content (AvgIpc) is 3.29. The number of nitrogens with one attached hydrogen (secondary N) is 1. The van der Waals surface area contributed by atoms with Gasteiger partial charge in [-0.2, -0.15) is 8.78 Å². The summed E-state index contributed by atoms with van der Waals surface area (Å²) in [6.45, 7) is 2.09. The molecule has 0 spiro atoms. The van der Waals surface area contributed by atoms with Gasteiger partial charge in [0.15, 0.2) is 0 Å². The van der Waals surface area contributed by atoms with Gasteiger partial charge in [-0.15, -0.1) is 0 Å². The second-order valence-electron chi connectivity index (χ2n) is 9.10. The number of fused-ring (bicyclic) bond motifs is 2. The second kappa shape index (κ2) is 7.57. The molecular formula is C22H26F2N4O4S. The van der Waals surface area contributed by atoms with Crippen LogP contribution in [0.25, 0.3) is 11.3 Å². The summed E-state index contributed by atoms with van der Waals surface area (Å²) in [5.74, 6) is -2.37. The van der Waals surface area contributed by atoms with Gasteiger partial charge in [0.05, 0.1) is 37.2 Å². The number of halogens is 2. The molecule has 0 amide bonds. The molecule has 1 unspecified atom stereocenters. The van der Waals surface area contributed by atoms with Crippen LogP contribution in [0.1, 0.15) is 48.2 Å². The predicted octanol–water partition coefficient (Wildman–Crippen LogP) is 2.30. The van der Waals surface area contributed by atoms with Gasteiger partial charge in [-0.3, -0.25) is 0 Å². The van der Waals surface area contributed by atoms with Crippen LogP contribution in [0, 0.1) is 0 Å². The smallest absolute Gasteiger partial charge is 0.290 e. The van der Waals surface area contributed by atoms with Crippen molar-refractivity contribution in [2.45, 2.75) is 56.7 Å². The van der Waals surface area contributed by atoms with E-state index in [2.05, 4.69) is 14.7 Å². The quantitative estimate of drug-likeness (QED) is 0.677. The number of benzene rings is 1. The molecule has 0 bridgehead atoms. The Labute approximate surface area is 191 Å². The molecule has 3 aliphatic rings. The van der Waals surface area contributed by atoms with Gasteiger partial charge in [0.2, 0.25) is 16.0 Å². The highest BCUT2D eigenvalue weighted by Gasteiger charge is 2.45. The van der Waals surface area contributed by atoms with Crippen molar-refractivity contribution in [3.8, 4) is 17.0 Å².